The van der Waals surface area contributed by atoms with Crippen LogP contribution in [0.25, 0.3) is 0 Å². The Hall–Kier alpha value is 0.0600. The number of halogens is 1. The summed E-state index contributed by atoms with van der Waals surface area (Å²) in [6.07, 6.45) is 1.08. The van der Waals surface area contributed by atoms with Gasteiger partial charge in [-0.1, -0.05) is 0 Å². The molecule has 5 heteroatoms. The monoisotopic (exact) mass is 276 g/mol. The van der Waals surface area contributed by atoms with Crippen molar-refractivity contribution in [2.24, 2.45) is 11.8 Å². The average molecular weight is 277 g/mol. The van der Waals surface area contributed by atoms with Crippen LogP contribution in [-0.2, 0) is 4.74 Å². The molecule has 2 atom stereocenters. The summed E-state index contributed by atoms with van der Waals surface area (Å²) in [6.45, 7) is 1.65. The summed E-state index contributed by atoms with van der Waals surface area (Å²) in [5.41, 5.74) is 4.13. The molecule has 2 rings (SSSR count). The number of hydrazine groups is 1. The van der Waals surface area contributed by atoms with Gasteiger partial charge >= 0.3 is 0 Å². The van der Waals surface area contributed by atoms with Gasteiger partial charge in [-0.05, 0) is 33.3 Å². The molecular weight excluding hydrogens is 264 g/mol. The number of hydrogen-bond acceptors (Lipinski definition) is 4. The molecule has 1 aliphatic heterocycles. The largest absolute Gasteiger partial charge is 0.381 e. The highest BCUT2D eigenvalue weighted by Gasteiger charge is 2.27. The van der Waals surface area contributed by atoms with Gasteiger partial charge in [-0.15, -0.1) is 0 Å². The van der Waals surface area contributed by atoms with Crippen molar-refractivity contribution in [1.29, 1.82) is 0 Å². The first-order valence-corrected chi connectivity index (χ1v) is 6.32. The highest BCUT2D eigenvalue weighted by Crippen LogP contribution is 2.34. The van der Waals surface area contributed by atoms with Gasteiger partial charge in [0.05, 0.1) is 12.6 Å². The summed E-state index contributed by atoms with van der Waals surface area (Å²) in [5.74, 6) is 6.08. The lowest BCUT2D eigenvalue weighted by molar-refractivity contribution is 0.177. The number of ether oxygens (including phenoxy) is 1. The van der Waals surface area contributed by atoms with Gasteiger partial charge in [0, 0.05) is 22.4 Å². The molecule has 3 nitrogen and oxygen atoms in total. The van der Waals surface area contributed by atoms with E-state index in [4.69, 9.17) is 10.6 Å². The number of hydrogen-bond donors (Lipinski definition) is 2. The van der Waals surface area contributed by atoms with E-state index in [1.807, 2.05) is 0 Å². The SMILES string of the molecule is NNC(c1cscc1Br)C1CCOC1. The van der Waals surface area contributed by atoms with Crippen molar-refractivity contribution in [1.82, 2.24) is 5.43 Å². The number of nitrogens with one attached hydrogen (secondary N) is 1. The molecule has 0 saturated carbocycles. The van der Waals surface area contributed by atoms with E-state index in [1.54, 1.807) is 11.3 Å². The molecule has 0 aromatic carbocycles. The average Bonchev–Trinajstić information content (AvgIpc) is 2.80. The van der Waals surface area contributed by atoms with Gasteiger partial charge in [0.15, 0.2) is 0 Å². The molecule has 1 aromatic rings. The molecule has 3 N–H and O–H groups in total. The summed E-state index contributed by atoms with van der Waals surface area (Å²) in [6, 6.07) is 0.207. The van der Waals surface area contributed by atoms with Gasteiger partial charge in [-0.2, -0.15) is 11.3 Å². The Labute approximate surface area is 95.7 Å². The maximum atomic E-state index is 5.59. The zero-order chi connectivity index (χ0) is 9.97. The van der Waals surface area contributed by atoms with Gasteiger partial charge in [0.2, 0.25) is 0 Å². The maximum Gasteiger partial charge on any atom is 0.0530 e. The molecule has 0 bridgehead atoms. The summed E-state index contributed by atoms with van der Waals surface area (Å²) < 4.78 is 6.51. The van der Waals surface area contributed by atoms with E-state index in [0.29, 0.717) is 5.92 Å². The van der Waals surface area contributed by atoms with E-state index in [0.717, 1.165) is 24.1 Å². The van der Waals surface area contributed by atoms with Crippen LogP contribution in [0.2, 0.25) is 0 Å². The van der Waals surface area contributed by atoms with Gasteiger partial charge in [-0.25, -0.2) is 0 Å². The molecule has 1 saturated heterocycles. The molecular formula is C9H13BrN2OS. The molecule has 0 amide bonds. The highest BCUT2D eigenvalue weighted by molar-refractivity contribution is 9.10. The van der Waals surface area contributed by atoms with Crippen LogP contribution in [0.15, 0.2) is 15.2 Å². The minimum Gasteiger partial charge on any atom is -0.381 e. The van der Waals surface area contributed by atoms with Crippen LogP contribution in [0.3, 0.4) is 0 Å². The third-order valence-corrected chi connectivity index (χ3v) is 4.34. The van der Waals surface area contributed by atoms with Gasteiger partial charge in [-0.3, -0.25) is 11.3 Å². The standard InChI is InChI=1S/C9H13BrN2OS/c10-8-5-14-4-7(8)9(12-11)6-1-2-13-3-6/h4-6,9,12H,1-3,11H2. The second kappa shape index (κ2) is 4.72. The molecule has 14 heavy (non-hydrogen) atoms. The topological polar surface area (TPSA) is 47.3 Å². The summed E-state index contributed by atoms with van der Waals surface area (Å²) in [4.78, 5) is 0. The van der Waals surface area contributed by atoms with Crippen molar-refractivity contribution < 1.29 is 4.74 Å². The van der Waals surface area contributed by atoms with Crippen molar-refractivity contribution >= 4 is 27.3 Å². The predicted molar refractivity (Wildman–Crippen MR) is 61.0 cm³/mol. The molecule has 1 fully saturated rings. The van der Waals surface area contributed by atoms with E-state index in [2.05, 4.69) is 32.1 Å². The Kier molecular flexibility index (Phi) is 3.57. The van der Waals surface area contributed by atoms with Crippen LogP contribution < -0.4 is 11.3 Å². The van der Waals surface area contributed by atoms with Crippen LogP contribution in [0, 0.1) is 5.92 Å². The number of thiophene rings is 1. The van der Waals surface area contributed by atoms with Crippen LogP contribution >= 0.6 is 27.3 Å². The zero-order valence-electron chi connectivity index (χ0n) is 7.70. The minimum absolute atomic E-state index is 0.207. The molecule has 1 aromatic heterocycles. The van der Waals surface area contributed by atoms with Crippen LogP contribution in [0.4, 0.5) is 0 Å². The fourth-order valence-corrected chi connectivity index (χ4v) is 3.39. The van der Waals surface area contributed by atoms with Crippen LogP contribution in [-0.4, -0.2) is 13.2 Å². The fourth-order valence-electron chi connectivity index (χ4n) is 1.81. The quantitative estimate of drug-likeness (QED) is 0.656. The second-order valence-electron chi connectivity index (χ2n) is 3.44. The van der Waals surface area contributed by atoms with Gasteiger partial charge in [0.1, 0.15) is 0 Å². The second-order valence-corrected chi connectivity index (χ2v) is 5.04. The van der Waals surface area contributed by atoms with E-state index in [9.17, 15) is 0 Å². The molecule has 0 aliphatic carbocycles. The number of nitrogens with two attached hydrogens (primary N) is 1. The Balaban J connectivity index is 2.16. The summed E-state index contributed by atoms with van der Waals surface area (Å²) in [5, 5.41) is 4.21. The molecule has 2 unspecified atom stereocenters. The lowest BCUT2D eigenvalue weighted by Crippen LogP contribution is -2.33. The first-order valence-electron chi connectivity index (χ1n) is 4.58. The Morgan fingerprint density at radius 2 is 2.50 bits per heavy atom. The zero-order valence-corrected chi connectivity index (χ0v) is 10.1. The van der Waals surface area contributed by atoms with Crippen molar-refractivity contribution in [3.8, 4) is 0 Å². The molecule has 0 spiro atoms. The lowest BCUT2D eigenvalue weighted by atomic mass is 9.95. The lowest BCUT2D eigenvalue weighted by Gasteiger charge is -2.21. The van der Waals surface area contributed by atoms with E-state index >= 15 is 0 Å². The maximum absolute atomic E-state index is 5.59. The molecule has 1 aliphatic rings. The van der Waals surface area contributed by atoms with E-state index in [1.165, 1.54) is 5.56 Å². The first-order chi connectivity index (χ1) is 6.83. The number of rotatable bonds is 3. The van der Waals surface area contributed by atoms with Crippen molar-refractivity contribution in [2.75, 3.05) is 13.2 Å². The van der Waals surface area contributed by atoms with Gasteiger partial charge < -0.3 is 4.74 Å². The van der Waals surface area contributed by atoms with Gasteiger partial charge in [0.25, 0.3) is 0 Å². The van der Waals surface area contributed by atoms with Crippen molar-refractivity contribution in [3.05, 3.63) is 20.8 Å². The Bertz CT molecular complexity index is 299. The molecule has 2 heterocycles. The van der Waals surface area contributed by atoms with E-state index in [-0.39, 0.29) is 6.04 Å². The first kappa shape index (κ1) is 10.6. The third-order valence-electron chi connectivity index (χ3n) is 2.59. The van der Waals surface area contributed by atoms with Crippen LogP contribution in [0.5, 0.6) is 0 Å². The Morgan fingerprint density at radius 1 is 1.64 bits per heavy atom. The van der Waals surface area contributed by atoms with Crippen molar-refractivity contribution in [3.63, 3.8) is 0 Å². The normalized spacial score (nSPS) is 24.0. The smallest absolute Gasteiger partial charge is 0.0530 e. The third kappa shape index (κ3) is 2.01. The summed E-state index contributed by atoms with van der Waals surface area (Å²) >= 11 is 5.21. The Morgan fingerprint density at radius 3 is 3.00 bits per heavy atom. The fraction of sp³-hybridized carbons (Fsp3) is 0.556. The van der Waals surface area contributed by atoms with Crippen molar-refractivity contribution in [2.45, 2.75) is 12.5 Å². The van der Waals surface area contributed by atoms with Crippen LogP contribution in [0.1, 0.15) is 18.0 Å². The van der Waals surface area contributed by atoms with E-state index < -0.39 is 0 Å². The summed E-state index contributed by atoms with van der Waals surface area (Å²) in [7, 11) is 0. The predicted octanol–water partition coefficient (Wildman–Crippen LogP) is 2.05. The highest BCUT2D eigenvalue weighted by atomic mass is 79.9. The minimum atomic E-state index is 0.207. The molecule has 78 valence electrons. The molecule has 0 radical (unpaired) electrons.